The van der Waals surface area contributed by atoms with Crippen molar-refractivity contribution in [1.29, 1.82) is 5.26 Å². The van der Waals surface area contributed by atoms with Gasteiger partial charge in [0.05, 0.1) is 11.2 Å². The molecule has 0 amide bonds. The zero-order valence-corrected chi connectivity index (χ0v) is 14.9. The molecule has 0 radical (unpaired) electrons. The third-order valence-corrected chi connectivity index (χ3v) is 5.51. The Labute approximate surface area is 156 Å². The third-order valence-electron chi connectivity index (χ3n) is 5.28. The number of nitrogens with zero attached hydrogens (tertiary/aromatic N) is 3. The standard InChI is InChI=1S/C22H16ClN3/c23-15-10-11-20-17(12-15)21(14-6-2-1-3-7-14)25-22-18(13-24)16-8-4-5-9-19(16)26(20)22/h1-3,6-7,10-12H,4-5,8-9H2. The van der Waals surface area contributed by atoms with Gasteiger partial charge in [0, 0.05) is 21.7 Å². The summed E-state index contributed by atoms with van der Waals surface area (Å²) >= 11 is 6.32. The minimum Gasteiger partial charge on any atom is -0.297 e. The van der Waals surface area contributed by atoms with Gasteiger partial charge >= 0.3 is 0 Å². The molecule has 2 heterocycles. The van der Waals surface area contributed by atoms with Crippen LogP contribution >= 0.6 is 11.6 Å². The van der Waals surface area contributed by atoms with E-state index in [1.54, 1.807) is 0 Å². The molecule has 0 bridgehead atoms. The summed E-state index contributed by atoms with van der Waals surface area (Å²) in [6, 6.07) is 18.5. The second-order valence-corrected chi connectivity index (χ2v) is 7.20. The first-order valence-electron chi connectivity index (χ1n) is 8.89. The Bertz CT molecular complexity index is 1200. The van der Waals surface area contributed by atoms with E-state index in [9.17, 15) is 5.26 Å². The maximum atomic E-state index is 9.83. The summed E-state index contributed by atoms with van der Waals surface area (Å²) < 4.78 is 2.19. The van der Waals surface area contributed by atoms with E-state index in [2.05, 4.69) is 16.5 Å². The van der Waals surface area contributed by atoms with E-state index < -0.39 is 0 Å². The second-order valence-electron chi connectivity index (χ2n) is 6.77. The number of aromatic nitrogens is 2. The Kier molecular flexibility index (Phi) is 3.48. The Morgan fingerprint density at radius 2 is 1.85 bits per heavy atom. The predicted octanol–water partition coefficient (Wildman–Crippen LogP) is 5.56. The zero-order valence-electron chi connectivity index (χ0n) is 14.2. The van der Waals surface area contributed by atoms with Gasteiger partial charge in [0.15, 0.2) is 5.65 Å². The van der Waals surface area contributed by atoms with E-state index in [-0.39, 0.29) is 0 Å². The number of rotatable bonds is 1. The van der Waals surface area contributed by atoms with Crippen LogP contribution in [0.4, 0.5) is 0 Å². The number of hydrogen-bond donors (Lipinski definition) is 0. The van der Waals surface area contributed by atoms with Gasteiger partial charge in [-0.2, -0.15) is 5.26 Å². The van der Waals surface area contributed by atoms with Crippen LogP contribution in [0, 0.1) is 11.3 Å². The summed E-state index contributed by atoms with van der Waals surface area (Å²) in [4.78, 5) is 4.97. The molecule has 0 N–H and O–H groups in total. The van der Waals surface area contributed by atoms with Crippen molar-refractivity contribution in [3.8, 4) is 17.3 Å². The van der Waals surface area contributed by atoms with Gasteiger partial charge in [0.1, 0.15) is 11.6 Å². The van der Waals surface area contributed by atoms with E-state index in [1.807, 2.05) is 42.5 Å². The number of nitriles is 1. The summed E-state index contributed by atoms with van der Waals surface area (Å²) in [6.07, 6.45) is 4.23. The van der Waals surface area contributed by atoms with Crippen LogP contribution in [0.5, 0.6) is 0 Å². The lowest BCUT2D eigenvalue weighted by Gasteiger charge is -2.14. The molecule has 1 aliphatic rings. The summed E-state index contributed by atoms with van der Waals surface area (Å²) in [5, 5.41) is 11.5. The molecule has 4 aromatic rings. The molecule has 0 unspecified atom stereocenters. The van der Waals surface area contributed by atoms with Crippen molar-refractivity contribution in [3.05, 3.63) is 70.4 Å². The Morgan fingerprint density at radius 3 is 2.65 bits per heavy atom. The van der Waals surface area contributed by atoms with Crippen molar-refractivity contribution in [1.82, 2.24) is 9.38 Å². The minimum absolute atomic E-state index is 0.692. The summed E-state index contributed by atoms with van der Waals surface area (Å²) in [6.45, 7) is 0. The molecular formula is C22H16ClN3. The van der Waals surface area contributed by atoms with Crippen LogP contribution in [0.15, 0.2) is 48.5 Å². The molecule has 3 nitrogen and oxygen atoms in total. The molecule has 126 valence electrons. The van der Waals surface area contributed by atoms with Crippen molar-refractivity contribution in [3.63, 3.8) is 0 Å². The average Bonchev–Trinajstić information content (AvgIpc) is 3.01. The van der Waals surface area contributed by atoms with Crippen LogP contribution < -0.4 is 0 Å². The number of halogens is 1. The molecular weight excluding hydrogens is 342 g/mol. The van der Waals surface area contributed by atoms with Crippen molar-refractivity contribution in [2.24, 2.45) is 0 Å². The van der Waals surface area contributed by atoms with Gasteiger partial charge in [0.25, 0.3) is 0 Å². The van der Waals surface area contributed by atoms with Crippen molar-refractivity contribution in [2.45, 2.75) is 25.7 Å². The zero-order chi connectivity index (χ0) is 17.7. The third kappa shape index (κ3) is 2.16. The highest BCUT2D eigenvalue weighted by Gasteiger charge is 2.24. The van der Waals surface area contributed by atoms with E-state index in [4.69, 9.17) is 16.6 Å². The van der Waals surface area contributed by atoms with E-state index in [0.29, 0.717) is 5.02 Å². The summed E-state index contributed by atoms with van der Waals surface area (Å²) in [5.41, 5.74) is 6.89. The summed E-state index contributed by atoms with van der Waals surface area (Å²) in [7, 11) is 0. The molecule has 1 aliphatic carbocycles. The fourth-order valence-corrected chi connectivity index (χ4v) is 4.31. The molecule has 0 atom stereocenters. The Balaban J connectivity index is 2.00. The number of benzene rings is 2. The van der Waals surface area contributed by atoms with Gasteiger partial charge in [-0.15, -0.1) is 0 Å². The maximum Gasteiger partial charge on any atom is 0.156 e. The lowest BCUT2D eigenvalue weighted by atomic mass is 9.95. The molecule has 0 aliphatic heterocycles. The molecule has 0 spiro atoms. The second kappa shape index (κ2) is 5.86. The molecule has 0 saturated carbocycles. The van der Waals surface area contributed by atoms with Crippen LogP contribution in [0.1, 0.15) is 29.7 Å². The first-order valence-corrected chi connectivity index (χ1v) is 9.26. The van der Waals surface area contributed by atoms with Crippen molar-refractivity contribution >= 4 is 28.2 Å². The first-order chi connectivity index (χ1) is 12.8. The fourth-order valence-electron chi connectivity index (χ4n) is 4.14. The van der Waals surface area contributed by atoms with Crippen molar-refractivity contribution < 1.29 is 0 Å². The van der Waals surface area contributed by atoms with Crippen molar-refractivity contribution in [2.75, 3.05) is 0 Å². The van der Waals surface area contributed by atoms with Gasteiger partial charge in [-0.05, 0) is 49.4 Å². The maximum absolute atomic E-state index is 9.83. The van der Waals surface area contributed by atoms with Crippen LogP contribution in [0.25, 0.3) is 27.8 Å². The van der Waals surface area contributed by atoms with Crippen LogP contribution in [-0.4, -0.2) is 9.38 Å². The smallest absolute Gasteiger partial charge is 0.156 e. The monoisotopic (exact) mass is 357 g/mol. The highest BCUT2D eigenvalue weighted by Crippen LogP contribution is 2.36. The molecule has 2 aromatic heterocycles. The SMILES string of the molecule is N#Cc1c2c(n3c1nc(-c1ccccc1)c1cc(Cl)ccc13)CCCC2. The Hall–Kier alpha value is -2.83. The predicted molar refractivity (Wildman–Crippen MR) is 105 cm³/mol. The quantitative estimate of drug-likeness (QED) is 0.447. The van der Waals surface area contributed by atoms with Gasteiger partial charge in [-0.25, -0.2) is 4.98 Å². The molecule has 26 heavy (non-hydrogen) atoms. The molecule has 0 fully saturated rings. The van der Waals surface area contributed by atoms with Crippen LogP contribution in [0.3, 0.4) is 0 Å². The van der Waals surface area contributed by atoms with Crippen LogP contribution in [0.2, 0.25) is 5.02 Å². The molecule has 4 heteroatoms. The lowest BCUT2D eigenvalue weighted by Crippen LogP contribution is -2.05. The highest BCUT2D eigenvalue weighted by molar-refractivity contribution is 6.31. The fraction of sp³-hybridized carbons (Fsp3) is 0.182. The van der Waals surface area contributed by atoms with Crippen LogP contribution in [-0.2, 0) is 12.8 Å². The number of aryl methyl sites for hydroxylation is 1. The number of fused-ring (bicyclic) bond motifs is 5. The number of hydrogen-bond acceptors (Lipinski definition) is 2. The van der Waals surface area contributed by atoms with Gasteiger partial charge in [0.2, 0.25) is 0 Å². The Morgan fingerprint density at radius 1 is 1.04 bits per heavy atom. The average molecular weight is 358 g/mol. The van der Waals surface area contributed by atoms with Gasteiger partial charge in [-0.3, -0.25) is 4.40 Å². The van der Waals surface area contributed by atoms with E-state index in [0.717, 1.165) is 59.1 Å². The van der Waals surface area contributed by atoms with E-state index in [1.165, 1.54) is 11.3 Å². The first kappa shape index (κ1) is 15.4. The largest absolute Gasteiger partial charge is 0.297 e. The highest BCUT2D eigenvalue weighted by atomic mass is 35.5. The molecule has 2 aromatic carbocycles. The normalized spacial score (nSPS) is 13.7. The lowest BCUT2D eigenvalue weighted by molar-refractivity contribution is 0.670. The summed E-state index contributed by atoms with van der Waals surface area (Å²) in [5.74, 6) is 0. The molecule has 5 rings (SSSR count). The van der Waals surface area contributed by atoms with E-state index >= 15 is 0 Å². The van der Waals surface area contributed by atoms with Gasteiger partial charge < -0.3 is 0 Å². The topological polar surface area (TPSA) is 41.1 Å². The molecule has 0 saturated heterocycles. The van der Waals surface area contributed by atoms with Gasteiger partial charge in [-0.1, -0.05) is 41.9 Å². The minimum atomic E-state index is 0.692.